The normalized spacial score (nSPS) is 12.2. The van der Waals surface area contributed by atoms with Gasteiger partial charge < -0.3 is 10.6 Å². The van der Waals surface area contributed by atoms with Gasteiger partial charge in [-0.3, -0.25) is 9.48 Å². The zero-order valence-corrected chi connectivity index (χ0v) is 10.7. The summed E-state index contributed by atoms with van der Waals surface area (Å²) in [6.07, 6.45) is 3.25. The molecule has 2 aromatic rings. The molecular weight excluding hydrogens is 247 g/mol. The Hall–Kier alpha value is -2.21. The highest BCUT2D eigenvalue weighted by atomic mass is 19.1. The molecule has 0 radical (unpaired) electrons. The van der Waals surface area contributed by atoms with E-state index >= 15 is 0 Å². The largest absolute Gasteiger partial charge is 0.316 e. The van der Waals surface area contributed by atoms with Crippen LogP contribution in [0.2, 0.25) is 0 Å². The fourth-order valence-electron chi connectivity index (χ4n) is 1.74. The zero-order chi connectivity index (χ0) is 14.0. The number of carbonyl (C=O) groups is 1. The van der Waals surface area contributed by atoms with E-state index in [1.165, 1.54) is 29.2 Å². The molecule has 0 saturated carbocycles. The highest BCUT2D eigenvalue weighted by Crippen LogP contribution is 2.18. The second kappa shape index (κ2) is 5.19. The summed E-state index contributed by atoms with van der Waals surface area (Å²) in [6.45, 7) is 0. The van der Waals surface area contributed by atoms with Crippen LogP contribution in [0.25, 0.3) is 0 Å². The van der Waals surface area contributed by atoms with E-state index in [0.29, 0.717) is 11.3 Å². The molecule has 1 amide bonds. The van der Waals surface area contributed by atoms with Crippen molar-refractivity contribution >= 4 is 11.6 Å². The van der Waals surface area contributed by atoms with Gasteiger partial charge in [0.1, 0.15) is 11.9 Å². The molecule has 1 aromatic heterocycles. The zero-order valence-electron chi connectivity index (χ0n) is 10.7. The lowest BCUT2D eigenvalue weighted by Gasteiger charge is -2.20. The van der Waals surface area contributed by atoms with Crippen molar-refractivity contribution in [2.45, 2.75) is 6.04 Å². The van der Waals surface area contributed by atoms with Crippen LogP contribution >= 0.6 is 0 Å². The second-order valence-corrected chi connectivity index (χ2v) is 4.30. The fraction of sp³-hybridized carbons (Fsp3) is 0.231. The average Bonchev–Trinajstić information content (AvgIpc) is 2.84. The standard InChI is InChI=1S/C13H15FN4O/c1-17-8-9(7-16-17)12(15)13(19)18(2)11-5-3-10(14)4-6-11/h3-8,12H,15H2,1-2H3. The van der Waals surface area contributed by atoms with Crippen molar-refractivity contribution in [1.82, 2.24) is 9.78 Å². The van der Waals surface area contributed by atoms with Crippen LogP contribution in [0.3, 0.4) is 0 Å². The third kappa shape index (κ3) is 2.79. The van der Waals surface area contributed by atoms with Crippen molar-refractivity contribution in [1.29, 1.82) is 0 Å². The van der Waals surface area contributed by atoms with Crippen molar-refractivity contribution in [2.24, 2.45) is 12.8 Å². The quantitative estimate of drug-likeness (QED) is 0.904. The number of benzene rings is 1. The summed E-state index contributed by atoms with van der Waals surface area (Å²) in [4.78, 5) is 13.6. The molecule has 0 fully saturated rings. The molecule has 0 bridgehead atoms. The highest BCUT2D eigenvalue weighted by Gasteiger charge is 2.22. The number of likely N-dealkylation sites (N-methyl/N-ethyl adjacent to an activating group) is 1. The van der Waals surface area contributed by atoms with Crippen LogP contribution in [0.5, 0.6) is 0 Å². The molecule has 1 atom stereocenters. The molecule has 19 heavy (non-hydrogen) atoms. The first kappa shape index (κ1) is 13.2. The molecule has 100 valence electrons. The fourth-order valence-corrected chi connectivity index (χ4v) is 1.74. The van der Waals surface area contributed by atoms with Crippen molar-refractivity contribution in [3.8, 4) is 0 Å². The third-order valence-electron chi connectivity index (χ3n) is 2.89. The molecule has 0 saturated heterocycles. The van der Waals surface area contributed by atoms with Gasteiger partial charge in [-0.15, -0.1) is 0 Å². The van der Waals surface area contributed by atoms with E-state index in [1.807, 2.05) is 0 Å². The molecule has 2 N–H and O–H groups in total. The Bertz CT molecular complexity index is 579. The molecular formula is C13H15FN4O. The van der Waals surface area contributed by atoms with Crippen LogP contribution in [0, 0.1) is 5.82 Å². The number of hydrogen-bond acceptors (Lipinski definition) is 3. The number of halogens is 1. The number of aryl methyl sites for hydroxylation is 1. The molecule has 1 unspecified atom stereocenters. The highest BCUT2D eigenvalue weighted by molar-refractivity contribution is 5.97. The SMILES string of the molecule is CN(C(=O)C(N)c1cnn(C)c1)c1ccc(F)cc1. The second-order valence-electron chi connectivity index (χ2n) is 4.30. The lowest BCUT2D eigenvalue weighted by Crippen LogP contribution is -2.35. The molecule has 0 aliphatic carbocycles. The van der Waals surface area contributed by atoms with Gasteiger partial charge >= 0.3 is 0 Å². The minimum atomic E-state index is -0.788. The lowest BCUT2D eigenvalue weighted by atomic mass is 10.1. The molecule has 6 heteroatoms. The number of nitrogens with two attached hydrogens (primary N) is 1. The van der Waals surface area contributed by atoms with Crippen molar-refractivity contribution < 1.29 is 9.18 Å². The Morgan fingerprint density at radius 3 is 2.58 bits per heavy atom. The number of rotatable bonds is 3. The monoisotopic (exact) mass is 262 g/mol. The van der Waals surface area contributed by atoms with Crippen LogP contribution in [0.4, 0.5) is 10.1 Å². The maximum absolute atomic E-state index is 12.8. The van der Waals surface area contributed by atoms with Crippen molar-refractivity contribution in [2.75, 3.05) is 11.9 Å². The van der Waals surface area contributed by atoms with E-state index < -0.39 is 6.04 Å². The summed E-state index contributed by atoms with van der Waals surface area (Å²) >= 11 is 0. The first-order valence-electron chi connectivity index (χ1n) is 5.76. The first-order valence-corrected chi connectivity index (χ1v) is 5.76. The van der Waals surface area contributed by atoms with Crippen LogP contribution < -0.4 is 10.6 Å². The van der Waals surface area contributed by atoms with E-state index in [-0.39, 0.29) is 11.7 Å². The predicted molar refractivity (Wildman–Crippen MR) is 69.9 cm³/mol. The Morgan fingerprint density at radius 1 is 1.42 bits per heavy atom. The van der Waals surface area contributed by atoms with Crippen LogP contribution in [0.1, 0.15) is 11.6 Å². The van der Waals surface area contributed by atoms with Gasteiger partial charge in [0.2, 0.25) is 5.91 Å². The topological polar surface area (TPSA) is 64.2 Å². The summed E-state index contributed by atoms with van der Waals surface area (Å²) in [5, 5.41) is 3.98. The van der Waals surface area contributed by atoms with Crippen molar-refractivity contribution in [3.63, 3.8) is 0 Å². The first-order chi connectivity index (χ1) is 8.99. The Morgan fingerprint density at radius 2 is 2.05 bits per heavy atom. The summed E-state index contributed by atoms with van der Waals surface area (Å²) in [5.41, 5.74) is 7.13. The molecule has 2 rings (SSSR count). The van der Waals surface area contributed by atoms with Gasteiger partial charge in [0, 0.05) is 31.5 Å². The van der Waals surface area contributed by atoms with Gasteiger partial charge in [-0.05, 0) is 24.3 Å². The summed E-state index contributed by atoms with van der Waals surface area (Å²) < 4.78 is 14.4. The van der Waals surface area contributed by atoms with E-state index in [9.17, 15) is 9.18 Å². The number of aromatic nitrogens is 2. The molecule has 5 nitrogen and oxygen atoms in total. The number of amides is 1. The van der Waals surface area contributed by atoms with Gasteiger partial charge in [-0.2, -0.15) is 5.10 Å². The predicted octanol–water partition coefficient (Wildman–Crippen LogP) is 1.22. The maximum Gasteiger partial charge on any atom is 0.248 e. The summed E-state index contributed by atoms with van der Waals surface area (Å²) in [6, 6.07) is 4.87. The molecule has 1 aromatic carbocycles. The Labute approximate surface area is 110 Å². The van der Waals surface area contributed by atoms with Gasteiger partial charge in [-0.1, -0.05) is 0 Å². The van der Waals surface area contributed by atoms with E-state index in [2.05, 4.69) is 5.10 Å². The minimum absolute atomic E-state index is 0.278. The Kier molecular flexibility index (Phi) is 3.62. The van der Waals surface area contributed by atoms with E-state index in [1.54, 1.807) is 31.2 Å². The van der Waals surface area contributed by atoms with Gasteiger partial charge in [0.15, 0.2) is 0 Å². The van der Waals surface area contributed by atoms with Gasteiger partial charge in [0.25, 0.3) is 0 Å². The number of anilines is 1. The van der Waals surface area contributed by atoms with Crippen LogP contribution in [-0.4, -0.2) is 22.7 Å². The third-order valence-corrected chi connectivity index (χ3v) is 2.89. The Balaban J connectivity index is 2.17. The minimum Gasteiger partial charge on any atom is -0.316 e. The summed E-state index contributed by atoms with van der Waals surface area (Å²) in [7, 11) is 3.36. The van der Waals surface area contributed by atoms with E-state index in [0.717, 1.165) is 0 Å². The number of hydrogen-bond donors (Lipinski definition) is 1. The maximum atomic E-state index is 12.8. The molecule has 1 heterocycles. The van der Waals surface area contributed by atoms with Crippen molar-refractivity contribution in [3.05, 3.63) is 48.0 Å². The smallest absolute Gasteiger partial charge is 0.248 e. The lowest BCUT2D eigenvalue weighted by molar-refractivity contribution is -0.119. The number of nitrogens with zero attached hydrogens (tertiary/aromatic N) is 3. The van der Waals surface area contributed by atoms with Crippen LogP contribution in [-0.2, 0) is 11.8 Å². The van der Waals surface area contributed by atoms with Gasteiger partial charge in [0.05, 0.1) is 6.20 Å². The average molecular weight is 262 g/mol. The van der Waals surface area contributed by atoms with Gasteiger partial charge in [-0.25, -0.2) is 4.39 Å². The summed E-state index contributed by atoms with van der Waals surface area (Å²) in [5.74, 6) is -0.624. The molecule has 0 aliphatic rings. The van der Waals surface area contributed by atoms with E-state index in [4.69, 9.17) is 5.73 Å². The number of carbonyl (C=O) groups excluding carboxylic acids is 1. The molecule has 0 aliphatic heterocycles. The molecule has 0 spiro atoms. The van der Waals surface area contributed by atoms with Crippen LogP contribution in [0.15, 0.2) is 36.7 Å².